The van der Waals surface area contributed by atoms with E-state index in [1.807, 2.05) is 18.2 Å². The molecule has 5 heteroatoms. The topological polar surface area (TPSA) is 39.2 Å². The normalized spacial score (nSPS) is 36.0. The van der Waals surface area contributed by atoms with Crippen LogP contribution in [0.4, 0.5) is 0 Å². The Morgan fingerprint density at radius 2 is 2.00 bits per heavy atom. The highest BCUT2D eigenvalue weighted by molar-refractivity contribution is 9.10. The predicted molar refractivity (Wildman–Crippen MR) is 103 cm³/mol. The largest absolute Gasteiger partial charge is 0.458 e. The molecular weight excluding hydrogens is 398 g/mol. The van der Waals surface area contributed by atoms with Crippen molar-refractivity contribution in [2.75, 3.05) is 0 Å². The summed E-state index contributed by atoms with van der Waals surface area (Å²) in [5.74, 6) is 1.56. The fraction of sp³-hybridized carbons (Fsp3) is 0.600. The number of ether oxygens (including phenoxy) is 1. The van der Waals surface area contributed by atoms with Gasteiger partial charge >= 0.3 is 5.97 Å². The Labute approximate surface area is 160 Å². The van der Waals surface area contributed by atoms with Gasteiger partial charge in [0.1, 0.15) is 11.6 Å². The molecule has 4 bridgehead atoms. The highest BCUT2D eigenvalue weighted by Crippen LogP contribution is 2.65. The summed E-state index contributed by atoms with van der Waals surface area (Å²) in [5, 5.41) is 0.886. The zero-order valence-electron chi connectivity index (χ0n) is 14.2. The van der Waals surface area contributed by atoms with Crippen molar-refractivity contribution in [2.45, 2.75) is 55.9 Å². The van der Waals surface area contributed by atoms with E-state index in [1.165, 1.54) is 32.1 Å². The predicted octanol–water partition coefficient (Wildman–Crippen LogP) is 5.46. The van der Waals surface area contributed by atoms with Gasteiger partial charge in [-0.05, 0) is 67.9 Å². The van der Waals surface area contributed by atoms with E-state index in [0.717, 1.165) is 33.5 Å². The highest BCUT2D eigenvalue weighted by atomic mass is 79.9. The van der Waals surface area contributed by atoms with E-state index in [2.05, 4.69) is 27.0 Å². The Kier molecular flexibility index (Phi) is 3.76. The van der Waals surface area contributed by atoms with Crippen LogP contribution in [0, 0.1) is 17.3 Å². The van der Waals surface area contributed by atoms with E-state index in [0.29, 0.717) is 17.4 Å². The zero-order valence-corrected chi connectivity index (χ0v) is 16.6. The number of hydrogen-bond acceptors (Lipinski definition) is 4. The molecule has 2 aromatic rings. The third kappa shape index (κ3) is 3.03. The summed E-state index contributed by atoms with van der Waals surface area (Å²) in [4.78, 5) is 17.1. The molecule has 0 spiro atoms. The summed E-state index contributed by atoms with van der Waals surface area (Å²) in [7, 11) is 0. The van der Waals surface area contributed by atoms with Crippen LogP contribution >= 0.6 is 27.3 Å². The molecule has 2 unspecified atom stereocenters. The Morgan fingerprint density at radius 3 is 2.72 bits per heavy atom. The van der Waals surface area contributed by atoms with Crippen molar-refractivity contribution in [1.29, 1.82) is 0 Å². The zero-order chi connectivity index (χ0) is 17.1. The smallest absolute Gasteiger partial charge is 0.306 e. The fourth-order valence-corrected chi connectivity index (χ4v) is 8.41. The first-order valence-corrected chi connectivity index (χ1v) is 10.8. The second-order valence-electron chi connectivity index (χ2n) is 8.52. The molecule has 0 radical (unpaired) electrons. The van der Waals surface area contributed by atoms with E-state index in [9.17, 15) is 4.79 Å². The second kappa shape index (κ2) is 5.78. The molecule has 4 aliphatic rings. The van der Waals surface area contributed by atoms with Crippen molar-refractivity contribution in [3.8, 4) is 0 Å². The van der Waals surface area contributed by atoms with Gasteiger partial charge in [-0.15, -0.1) is 11.3 Å². The Bertz CT molecular complexity index is 785. The molecule has 2 atom stereocenters. The van der Waals surface area contributed by atoms with Gasteiger partial charge in [0, 0.05) is 4.32 Å². The van der Waals surface area contributed by atoms with Crippen LogP contribution in [0.15, 0.2) is 24.3 Å². The lowest BCUT2D eigenvalue weighted by Gasteiger charge is -2.60. The number of rotatable bonds is 4. The van der Waals surface area contributed by atoms with Gasteiger partial charge in [0.05, 0.1) is 16.6 Å². The number of esters is 1. The number of fused-ring (bicyclic) bond motifs is 1. The molecule has 25 heavy (non-hydrogen) atoms. The first-order valence-electron chi connectivity index (χ1n) is 9.20. The number of para-hydroxylation sites is 1. The molecule has 0 N–H and O–H groups in total. The molecule has 1 aromatic carbocycles. The van der Waals surface area contributed by atoms with Gasteiger partial charge in [-0.2, -0.15) is 0 Å². The van der Waals surface area contributed by atoms with Gasteiger partial charge in [-0.25, -0.2) is 4.98 Å². The first-order chi connectivity index (χ1) is 12.0. The Morgan fingerprint density at radius 1 is 1.24 bits per heavy atom. The lowest BCUT2D eigenvalue weighted by Crippen LogP contribution is -2.53. The lowest BCUT2D eigenvalue weighted by atomic mass is 9.49. The third-order valence-electron chi connectivity index (χ3n) is 6.33. The molecule has 4 aliphatic carbocycles. The van der Waals surface area contributed by atoms with Crippen LogP contribution in [-0.4, -0.2) is 15.3 Å². The number of alkyl halides is 1. The maximum atomic E-state index is 12.6. The number of halogens is 1. The van der Waals surface area contributed by atoms with Crippen molar-refractivity contribution < 1.29 is 9.53 Å². The van der Waals surface area contributed by atoms with Gasteiger partial charge < -0.3 is 4.74 Å². The van der Waals surface area contributed by atoms with Crippen molar-refractivity contribution in [2.24, 2.45) is 17.3 Å². The number of carbonyl (C=O) groups excluding carboxylic acids is 1. The highest BCUT2D eigenvalue weighted by Gasteiger charge is 2.57. The summed E-state index contributed by atoms with van der Waals surface area (Å²) in [6.07, 6.45) is 8.12. The monoisotopic (exact) mass is 419 g/mol. The van der Waals surface area contributed by atoms with Crippen LogP contribution in [0.1, 0.15) is 50.0 Å². The fourth-order valence-electron chi connectivity index (χ4n) is 6.02. The minimum Gasteiger partial charge on any atom is -0.458 e. The van der Waals surface area contributed by atoms with Crippen LogP contribution in [0.25, 0.3) is 10.2 Å². The van der Waals surface area contributed by atoms with Crippen LogP contribution < -0.4 is 0 Å². The Hall–Kier alpha value is -0.940. The van der Waals surface area contributed by atoms with E-state index >= 15 is 0 Å². The summed E-state index contributed by atoms with van der Waals surface area (Å²) < 4.78 is 7.07. The van der Waals surface area contributed by atoms with Crippen molar-refractivity contribution in [1.82, 2.24) is 4.98 Å². The number of nitrogens with zero attached hydrogens (tertiary/aromatic N) is 1. The summed E-state index contributed by atoms with van der Waals surface area (Å²) in [6.45, 7) is 0.306. The molecule has 0 saturated heterocycles. The summed E-state index contributed by atoms with van der Waals surface area (Å²) in [5.41, 5.74) is 1.17. The van der Waals surface area contributed by atoms with E-state index in [-0.39, 0.29) is 11.4 Å². The lowest BCUT2D eigenvalue weighted by molar-refractivity contribution is -0.152. The van der Waals surface area contributed by atoms with Crippen LogP contribution in [-0.2, 0) is 16.1 Å². The average molecular weight is 420 g/mol. The molecule has 0 amide bonds. The van der Waals surface area contributed by atoms with Crippen molar-refractivity contribution in [3.05, 3.63) is 29.3 Å². The SMILES string of the molecule is O=C(CC12CC3CC(CC(Br)(C3)C1)C2)OCc1nc2ccccc2s1. The summed E-state index contributed by atoms with van der Waals surface area (Å²) >= 11 is 5.63. The summed E-state index contributed by atoms with van der Waals surface area (Å²) in [6, 6.07) is 8.06. The van der Waals surface area contributed by atoms with E-state index < -0.39 is 0 Å². The van der Waals surface area contributed by atoms with Gasteiger partial charge in [0.15, 0.2) is 0 Å². The van der Waals surface area contributed by atoms with Gasteiger partial charge in [-0.3, -0.25) is 4.79 Å². The number of hydrogen-bond donors (Lipinski definition) is 0. The Balaban J connectivity index is 1.25. The minimum absolute atomic E-state index is 0.0442. The van der Waals surface area contributed by atoms with Crippen molar-refractivity contribution in [3.63, 3.8) is 0 Å². The standard InChI is InChI=1S/C20H22BrNO2S/c21-20-8-13-5-14(9-20)7-19(6-13,12-20)10-18(23)24-11-17-22-15-3-1-2-4-16(15)25-17/h1-4,13-14H,5-12H2. The first kappa shape index (κ1) is 16.2. The number of carbonyl (C=O) groups is 1. The molecule has 0 aliphatic heterocycles. The van der Waals surface area contributed by atoms with Crippen LogP contribution in [0.5, 0.6) is 0 Å². The quantitative estimate of drug-likeness (QED) is 0.487. The van der Waals surface area contributed by atoms with Crippen LogP contribution in [0.3, 0.4) is 0 Å². The molecule has 1 heterocycles. The van der Waals surface area contributed by atoms with Crippen LogP contribution in [0.2, 0.25) is 0 Å². The molecule has 3 nitrogen and oxygen atoms in total. The van der Waals surface area contributed by atoms with E-state index in [4.69, 9.17) is 4.74 Å². The molecule has 1 aromatic heterocycles. The maximum absolute atomic E-state index is 12.6. The number of benzene rings is 1. The number of aromatic nitrogens is 1. The van der Waals surface area contributed by atoms with Gasteiger partial charge in [0.2, 0.25) is 0 Å². The second-order valence-corrected chi connectivity index (χ2v) is 11.3. The minimum atomic E-state index is -0.0442. The number of thiazole rings is 1. The molecular formula is C20H22BrNO2S. The third-order valence-corrected chi connectivity index (χ3v) is 8.26. The molecule has 4 saturated carbocycles. The van der Waals surface area contributed by atoms with Gasteiger partial charge in [0.25, 0.3) is 0 Å². The average Bonchev–Trinajstić information content (AvgIpc) is 2.93. The molecule has 4 fully saturated rings. The molecule has 132 valence electrons. The van der Waals surface area contributed by atoms with Crippen molar-refractivity contribution >= 4 is 43.5 Å². The maximum Gasteiger partial charge on any atom is 0.306 e. The van der Waals surface area contributed by atoms with Gasteiger partial charge in [-0.1, -0.05) is 28.1 Å². The van der Waals surface area contributed by atoms with E-state index in [1.54, 1.807) is 11.3 Å². The molecule has 6 rings (SSSR count).